The van der Waals surface area contributed by atoms with Crippen LogP contribution in [-0.4, -0.2) is 6.18 Å². The Morgan fingerprint density at radius 2 is 1.59 bits per heavy atom. The van der Waals surface area contributed by atoms with Gasteiger partial charge < -0.3 is 0 Å². The van der Waals surface area contributed by atoms with E-state index in [-0.39, 0.29) is 11.0 Å². The molecular weight excluding hydrogens is 249 g/mol. The molecule has 0 aliphatic rings. The molecule has 0 bridgehead atoms. The Hall–Kier alpha value is -0.700. The Kier molecular flexibility index (Phi) is 4.13. The van der Waals surface area contributed by atoms with E-state index in [1.807, 2.05) is 6.92 Å². The van der Waals surface area contributed by atoms with E-state index in [0.29, 0.717) is 0 Å². The molecule has 0 aliphatic heterocycles. The molecule has 0 radical (unpaired) electrons. The molecule has 1 rings (SSSR count). The number of benzene rings is 1. The van der Waals surface area contributed by atoms with Gasteiger partial charge in [-0.3, -0.25) is 0 Å². The first-order chi connectivity index (χ1) is 7.68. The van der Waals surface area contributed by atoms with E-state index in [9.17, 15) is 13.2 Å². The van der Waals surface area contributed by atoms with Gasteiger partial charge in [-0.2, -0.15) is 13.2 Å². The molecule has 0 heterocycles. The van der Waals surface area contributed by atoms with Crippen LogP contribution >= 0.6 is 11.6 Å². The Balaban J connectivity index is 2.97. The van der Waals surface area contributed by atoms with Crippen LogP contribution in [0.5, 0.6) is 0 Å². The Labute approximate surface area is 105 Å². The Morgan fingerprint density at radius 3 is 1.94 bits per heavy atom. The van der Waals surface area contributed by atoms with Crippen LogP contribution in [0.2, 0.25) is 0 Å². The van der Waals surface area contributed by atoms with E-state index >= 15 is 0 Å². The minimum Gasteiger partial charge on any atom is -0.169 e. The monoisotopic (exact) mass is 264 g/mol. The normalized spacial score (nSPS) is 14.8. The highest BCUT2D eigenvalue weighted by Gasteiger charge is 2.39. The second kappa shape index (κ2) is 4.89. The van der Waals surface area contributed by atoms with E-state index in [2.05, 4.69) is 13.8 Å². The van der Waals surface area contributed by atoms with Crippen LogP contribution in [0.1, 0.15) is 43.7 Å². The largest absolute Gasteiger partial charge is 0.408 e. The zero-order valence-electron chi connectivity index (χ0n) is 10.1. The minimum atomic E-state index is -4.40. The molecule has 0 saturated heterocycles. The van der Waals surface area contributed by atoms with Crippen LogP contribution in [0.15, 0.2) is 24.3 Å². The Bertz CT molecular complexity index is 365. The van der Waals surface area contributed by atoms with Gasteiger partial charge in [-0.05, 0) is 23.0 Å². The van der Waals surface area contributed by atoms with Crippen LogP contribution in [0, 0.1) is 0 Å². The summed E-state index contributed by atoms with van der Waals surface area (Å²) >= 11 is 5.36. The zero-order chi connectivity index (χ0) is 13.3. The van der Waals surface area contributed by atoms with Crippen LogP contribution < -0.4 is 0 Å². The quantitative estimate of drug-likeness (QED) is 0.657. The lowest BCUT2D eigenvalue weighted by atomic mass is 9.82. The zero-order valence-corrected chi connectivity index (χ0v) is 10.9. The lowest BCUT2D eigenvalue weighted by Gasteiger charge is -2.24. The van der Waals surface area contributed by atoms with Crippen LogP contribution in [-0.2, 0) is 5.41 Å². The maximum absolute atomic E-state index is 12.4. The first-order valence-electron chi connectivity index (χ1n) is 5.49. The summed E-state index contributed by atoms with van der Waals surface area (Å²) < 4.78 is 37.2. The van der Waals surface area contributed by atoms with Crippen molar-refractivity contribution in [3.63, 3.8) is 0 Å². The predicted molar refractivity (Wildman–Crippen MR) is 64.4 cm³/mol. The van der Waals surface area contributed by atoms with Gasteiger partial charge in [0.15, 0.2) is 5.38 Å². The maximum Gasteiger partial charge on any atom is 0.408 e. The summed E-state index contributed by atoms with van der Waals surface area (Å²) in [5.41, 5.74) is 1.09. The molecule has 0 saturated carbocycles. The van der Waals surface area contributed by atoms with E-state index in [1.165, 1.54) is 12.1 Å². The van der Waals surface area contributed by atoms with Crippen molar-refractivity contribution in [2.45, 2.75) is 44.2 Å². The van der Waals surface area contributed by atoms with E-state index in [4.69, 9.17) is 11.6 Å². The van der Waals surface area contributed by atoms with Gasteiger partial charge in [-0.25, -0.2) is 0 Å². The summed E-state index contributed by atoms with van der Waals surface area (Å²) in [4.78, 5) is 0. The summed E-state index contributed by atoms with van der Waals surface area (Å²) in [5.74, 6) is 0. The fourth-order valence-corrected chi connectivity index (χ4v) is 1.64. The van der Waals surface area contributed by atoms with E-state index < -0.39 is 11.6 Å². The molecule has 0 aliphatic carbocycles. The lowest BCUT2D eigenvalue weighted by Crippen LogP contribution is -2.17. The van der Waals surface area contributed by atoms with Gasteiger partial charge >= 0.3 is 6.18 Å². The molecular formula is C13H16ClF3. The highest BCUT2D eigenvalue weighted by molar-refractivity contribution is 6.21. The van der Waals surface area contributed by atoms with Crippen molar-refractivity contribution in [3.05, 3.63) is 35.4 Å². The molecule has 0 spiro atoms. The molecule has 4 heteroatoms. The highest BCUT2D eigenvalue weighted by atomic mass is 35.5. The molecule has 0 aromatic heterocycles. The van der Waals surface area contributed by atoms with Gasteiger partial charge in [0.1, 0.15) is 0 Å². The number of rotatable bonds is 3. The summed E-state index contributed by atoms with van der Waals surface area (Å²) in [6.07, 6.45) is -3.47. The standard InChI is InChI=1S/C13H16ClF3/c1-4-12(2,3)10-7-5-9(6-8-10)11(14)13(15,16)17/h5-8,11H,4H2,1-3H3. The van der Waals surface area contributed by atoms with E-state index in [1.54, 1.807) is 12.1 Å². The second-order valence-electron chi connectivity index (χ2n) is 4.76. The molecule has 1 unspecified atom stereocenters. The smallest absolute Gasteiger partial charge is 0.169 e. The summed E-state index contributed by atoms with van der Waals surface area (Å²) in [6.45, 7) is 6.17. The molecule has 17 heavy (non-hydrogen) atoms. The number of hydrogen-bond acceptors (Lipinski definition) is 0. The third kappa shape index (κ3) is 3.38. The van der Waals surface area contributed by atoms with Crippen molar-refractivity contribution in [1.29, 1.82) is 0 Å². The molecule has 0 amide bonds. The van der Waals surface area contributed by atoms with Gasteiger partial charge in [0.2, 0.25) is 0 Å². The second-order valence-corrected chi connectivity index (χ2v) is 5.20. The van der Waals surface area contributed by atoms with Crippen molar-refractivity contribution < 1.29 is 13.2 Å². The van der Waals surface area contributed by atoms with Gasteiger partial charge in [0, 0.05) is 0 Å². The van der Waals surface area contributed by atoms with Gasteiger partial charge in [0.05, 0.1) is 0 Å². The molecule has 1 aromatic carbocycles. The van der Waals surface area contributed by atoms with Crippen LogP contribution in [0.4, 0.5) is 13.2 Å². The van der Waals surface area contributed by atoms with Crippen LogP contribution in [0.3, 0.4) is 0 Å². The van der Waals surface area contributed by atoms with Crippen molar-refractivity contribution >= 4 is 11.6 Å². The predicted octanol–water partition coefficient (Wildman–Crippen LogP) is 5.22. The number of halogens is 4. The lowest BCUT2D eigenvalue weighted by molar-refractivity contribution is -0.131. The average molecular weight is 265 g/mol. The molecule has 96 valence electrons. The maximum atomic E-state index is 12.4. The number of hydrogen-bond donors (Lipinski definition) is 0. The van der Waals surface area contributed by atoms with E-state index in [0.717, 1.165) is 12.0 Å². The van der Waals surface area contributed by atoms with Crippen molar-refractivity contribution in [1.82, 2.24) is 0 Å². The number of alkyl halides is 4. The first kappa shape index (κ1) is 14.4. The molecule has 1 atom stereocenters. The van der Waals surface area contributed by atoms with Crippen LogP contribution in [0.25, 0.3) is 0 Å². The third-order valence-corrected chi connectivity index (χ3v) is 3.66. The summed E-state index contributed by atoms with van der Waals surface area (Å²) in [6, 6.07) is 6.36. The molecule has 0 nitrogen and oxygen atoms in total. The first-order valence-corrected chi connectivity index (χ1v) is 5.93. The summed E-state index contributed by atoms with van der Waals surface area (Å²) in [5, 5.41) is -1.93. The van der Waals surface area contributed by atoms with Crippen molar-refractivity contribution in [3.8, 4) is 0 Å². The van der Waals surface area contributed by atoms with Crippen molar-refractivity contribution in [2.24, 2.45) is 0 Å². The fraction of sp³-hybridized carbons (Fsp3) is 0.538. The Morgan fingerprint density at radius 1 is 1.12 bits per heavy atom. The van der Waals surface area contributed by atoms with Gasteiger partial charge in [-0.15, -0.1) is 11.6 Å². The molecule has 1 aromatic rings. The SMILES string of the molecule is CCC(C)(C)c1ccc(C(Cl)C(F)(F)F)cc1. The van der Waals surface area contributed by atoms with Crippen molar-refractivity contribution in [2.75, 3.05) is 0 Å². The van der Waals surface area contributed by atoms with Gasteiger partial charge in [-0.1, -0.05) is 45.0 Å². The topological polar surface area (TPSA) is 0 Å². The minimum absolute atomic E-state index is 0.0292. The molecule has 0 N–H and O–H groups in total. The molecule has 0 fully saturated rings. The van der Waals surface area contributed by atoms with Gasteiger partial charge in [0.25, 0.3) is 0 Å². The fourth-order valence-electron chi connectivity index (χ4n) is 1.50. The summed E-state index contributed by atoms with van der Waals surface area (Å²) in [7, 11) is 0. The third-order valence-electron chi connectivity index (χ3n) is 3.16. The average Bonchev–Trinajstić information content (AvgIpc) is 2.27. The highest BCUT2D eigenvalue weighted by Crippen LogP contribution is 2.38.